The number of hydrogen-bond acceptors (Lipinski definition) is 4. The molecular weight excluding hydrogens is 330 g/mol. The number of aromatic nitrogens is 2. The van der Waals surface area contributed by atoms with Gasteiger partial charge in [0.05, 0.1) is 11.6 Å². The van der Waals surface area contributed by atoms with E-state index in [9.17, 15) is 9.59 Å². The van der Waals surface area contributed by atoms with Gasteiger partial charge in [0.2, 0.25) is 0 Å². The Balaban J connectivity index is 2.00. The average Bonchev–Trinajstić information content (AvgIpc) is 2.99. The van der Waals surface area contributed by atoms with Gasteiger partial charge in [0, 0.05) is 17.8 Å². The fourth-order valence-corrected chi connectivity index (χ4v) is 2.54. The summed E-state index contributed by atoms with van der Waals surface area (Å²) < 4.78 is 1.62. The number of carbonyl (C=O) groups excluding carboxylic acids is 2. The maximum atomic E-state index is 12.6. The topological polar surface area (TPSA) is 99.3 Å². The number of amides is 2. The van der Waals surface area contributed by atoms with Gasteiger partial charge < -0.3 is 10.6 Å². The largest absolute Gasteiger partial charge is 0.348 e. The van der Waals surface area contributed by atoms with Gasteiger partial charge in [0.25, 0.3) is 11.8 Å². The van der Waals surface area contributed by atoms with Crippen LogP contribution in [0, 0.1) is 11.3 Å². The number of rotatable bonds is 4. The lowest BCUT2D eigenvalue weighted by molar-refractivity contribution is 0.0938. The van der Waals surface area contributed by atoms with Gasteiger partial charge in [0.15, 0.2) is 11.5 Å². The fraction of sp³-hybridized carbons (Fsp3) is 0.158. The second-order valence-electron chi connectivity index (χ2n) is 6.01. The van der Waals surface area contributed by atoms with E-state index < -0.39 is 5.91 Å². The summed E-state index contributed by atoms with van der Waals surface area (Å²) in [7, 11) is 0. The van der Waals surface area contributed by atoms with E-state index in [1.54, 1.807) is 47.0 Å². The number of hydrogen-bond donors (Lipinski definition) is 2. The molecule has 0 aliphatic carbocycles. The van der Waals surface area contributed by atoms with Crippen LogP contribution in [0.25, 0.3) is 5.65 Å². The highest BCUT2D eigenvalue weighted by Gasteiger charge is 2.21. The van der Waals surface area contributed by atoms with Gasteiger partial charge in [-0.2, -0.15) is 5.26 Å². The first kappa shape index (κ1) is 17.2. The first-order valence-corrected chi connectivity index (χ1v) is 8.09. The maximum absolute atomic E-state index is 12.6. The Morgan fingerprint density at radius 2 is 1.96 bits per heavy atom. The molecule has 26 heavy (non-hydrogen) atoms. The van der Waals surface area contributed by atoms with Crippen molar-refractivity contribution in [2.45, 2.75) is 19.9 Å². The van der Waals surface area contributed by atoms with Crippen molar-refractivity contribution in [3.8, 4) is 6.07 Å². The van der Waals surface area contributed by atoms with Crippen molar-refractivity contribution in [3.63, 3.8) is 0 Å². The van der Waals surface area contributed by atoms with E-state index in [4.69, 9.17) is 5.26 Å². The Bertz CT molecular complexity index is 1030. The normalized spacial score (nSPS) is 10.5. The molecule has 1 aromatic carbocycles. The highest BCUT2D eigenvalue weighted by atomic mass is 16.2. The minimum atomic E-state index is -0.441. The lowest BCUT2D eigenvalue weighted by atomic mass is 10.1. The molecule has 0 bridgehead atoms. The standard InChI is InChI=1S/C19H17N5O2/c1-12(2)21-19(26)16-17(22-15-8-3-4-9-24(15)16)23-18(25)14-7-5-6-13(10-14)11-20/h3-10,12H,1-2H3,(H,21,26)(H,23,25). The first-order chi connectivity index (χ1) is 12.5. The smallest absolute Gasteiger partial charge is 0.272 e. The van der Waals surface area contributed by atoms with Gasteiger partial charge in [-0.25, -0.2) is 4.98 Å². The Morgan fingerprint density at radius 3 is 2.69 bits per heavy atom. The monoisotopic (exact) mass is 347 g/mol. The molecule has 0 spiro atoms. The number of anilines is 1. The van der Waals surface area contributed by atoms with Gasteiger partial charge in [-0.05, 0) is 44.2 Å². The summed E-state index contributed by atoms with van der Waals surface area (Å²) in [4.78, 5) is 29.5. The quantitative estimate of drug-likeness (QED) is 0.758. The maximum Gasteiger partial charge on any atom is 0.272 e. The van der Waals surface area contributed by atoms with E-state index in [1.807, 2.05) is 19.9 Å². The van der Waals surface area contributed by atoms with Crippen LogP contribution in [0.4, 0.5) is 5.82 Å². The van der Waals surface area contributed by atoms with Crippen molar-refractivity contribution < 1.29 is 9.59 Å². The third kappa shape index (κ3) is 3.39. The highest BCUT2D eigenvalue weighted by molar-refractivity contribution is 6.08. The molecule has 7 nitrogen and oxygen atoms in total. The molecule has 2 N–H and O–H groups in total. The van der Waals surface area contributed by atoms with Crippen molar-refractivity contribution in [1.29, 1.82) is 5.26 Å². The number of nitrogens with zero attached hydrogens (tertiary/aromatic N) is 3. The van der Waals surface area contributed by atoms with Crippen LogP contribution in [0.15, 0.2) is 48.7 Å². The molecule has 0 saturated carbocycles. The molecule has 3 rings (SSSR count). The summed E-state index contributed by atoms with van der Waals surface area (Å²) in [5.74, 6) is -0.606. The summed E-state index contributed by atoms with van der Waals surface area (Å²) in [5.41, 5.74) is 1.49. The van der Waals surface area contributed by atoms with Crippen molar-refractivity contribution >= 4 is 23.3 Å². The van der Waals surface area contributed by atoms with Gasteiger partial charge in [-0.15, -0.1) is 0 Å². The summed E-state index contributed by atoms with van der Waals surface area (Å²) in [5, 5.41) is 14.5. The molecule has 0 fully saturated rings. The molecule has 0 radical (unpaired) electrons. The van der Waals surface area contributed by atoms with Crippen LogP contribution in [0.3, 0.4) is 0 Å². The predicted molar refractivity (Wildman–Crippen MR) is 96.9 cm³/mol. The number of fused-ring (bicyclic) bond motifs is 1. The first-order valence-electron chi connectivity index (χ1n) is 8.09. The molecule has 2 heterocycles. The molecule has 130 valence electrons. The van der Waals surface area contributed by atoms with Crippen LogP contribution in [0.5, 0.6) is 0 Å². The zero-order valence-corrected chi connectivity index (χ0v) is 14.4. The van der Waals surface area contributed by atoms with E-state index in [-0.39, 0.29) is 23.5 Å². The van der Waals surface area contributed by atoms with Crippen LogP contribution in [-0.2, 0) is 0 Å². The lowest BCUT2D eigenvalue weighted by Crippen LogP contribution is -2.32. The fourth-order valence-electron chi connectivity index (χ4n) is 2.54. The molecule has 3 aromatic rings. The van der Waals surface area contributed by atoms with Gasteiger partial charge in [-0.3, -0.25) is 14.0 Å². The average molecular weight is 347 g/mol. The Morgan fingerprint density at radius 1 is 1.15 bits per heavy atom. The van der Waals surface area contributed by atoms with Gasteiger partial charge >= 0.3 is 0 Å². The third-order valence-corrected chi connectivity index (χ3v) is 3.65. The summed E-state index contributed by atoms with van der Waals surface area (Å²) >= 11 is 0. The van der Waals surface area contributed by atoms with Crippen molar-refractivity contribution in [2.75, 3.05) is 5.32 Å². The molecule has 7 heteroatoms. The Hall–Kier alpha value is -3.66. The third-order valence-electron chi connectivity index (χ3n) is 3.65. The van der Waals surface area contributed by atoms with Crippen LogP contribution in [0.1, 0.15) is 40.3 Å². The van der Waals surface area contributed by atoms with Crippen LogP contribution in [0.2, 0.25) is 0 Å². The molecule has 0 aliphatic rings. The van der Waals surface area contributed by atoms with E-state index in [1.165, 1.54) is 6.07 Å². The van der Waals surface area contributed by atoms with Crippen LogP contribution >= 0.6 is 0 Å². The minimum Gasteiger partial charge on any atom is -0.348 e. The Kier molecular flexibility index (Phi) is 4.67. The zero-order chi connectivity index (χ0) is 18.7. The minimum absolute atomic E-state index is 0.0624. The molecule has 2 amide bonds. The number of pyridine rings is 1. The van der Waals surface area contributed by atoms with Gasteiger partial charge in [0.1, 0.15) is 5.65 Å². The molecule has 0 atom stereocenters. The van der Waals surface area contributed by atoms with E-state index in [2.05, 4.69) is 15.6 Å². The van der Waals surface area contributed by atoms with E-state index in [0.717, 1.165) is 0 Å². The van der Waals surface area contributed by atoms with E-state index >= 15 is 0 Å². The number of benzene rings is 1. The Labute approximate surface area is 150 Å². The van der Waals surface area contributed by atoms with Crippen LogP contribution in [-0.4, -0.2) is 27.2 Å². The SMILES string of the molecule is CC(C)NC(=O)c1c(NC(=O)c2cccc(C#N)c2)nc2ccccn12. The number of carbonyl (C=O) groups is 2. The van der Waals surface area contributed by atoms with Crippen LogP contribution < -0.4 is 10.6 Å². The lowest BCUT2D eigenvalue weighted by Gasteiger charge is -2.10. The second-order valence-corrected chi connectivity index (χ2v) is 6.01. The molecule has 2 aromatic heterocycles. The summed E-state index contributed by atoms with van der Waals surface area (Å²) in [6.07, 6.45) is 1.71. The number of imidazole rings is 1. The molecular formula is C19H17N5O2. The van der Waals surface area contributed by atoms with E-state index in [0.29, 0.717) is 16.8 Å². The van der Waals surface area contributed by atoms with Crippen molar-refractivity contribution in [3.05, 3.63) is 65.5 Å². The predicted octanol–water partition coefficient (Wildman–Crippen LogP) is 2.60. The number of nitriles is 1. The number of nitrogens with one attached hydrogen (secondary N) is 2. The molecule has 0 saturated heterocycles. The molecule has 0 unspecified atom stereocenters. The highest BCUT2D eigenvalue weighted by Crippen LogP contribution is 2.19. The van der Waals surface area contributed by atoms with Gasteiger partial charge in [-0.1, -0.05) is 12.1 Å². The summed E-state index contributed by atoms with van der Waals surface area (Å²) in [6, 6.07) is 13.6. The molecule has 0 aliphatic heterocycles. The summed E-state index contributed by atoms with van der Waals surface area (Å²) in [6.45, 7) is 3.71. The van der Waals surface area contributed by atoms with Crippen molar-refractivity contribution in [1.82, 2.24) is 14.7 Å². The van der Waals surface area contributed by atoms with Crippen molar-refractivity contribution in [2.24, 2.45) is 0 Å². The zero-order valence-electron chi connectivity index (χ0n) is 14.4. The second kappa shape index (κ2) is 7.07.